The Kier molecular flexibility index (Phi) is 16.8. The van der Waals surface area contributed by atoms with Crippen LogP contribution in [0.25, 0.3) is 0 Å². The number of ether oxygens (including phenoxy) is 8. The summed E-state index contributed by atoms with van der Waals surface area (Å²) in [7, 11) is 0. The van der Waals surface area contributed by atoms with Gasteiger partial charge in [-0.15, -0.1) is 0 Å². The van der Waals surface area contributed by atoms with Crippen LogP contribution >= 0.6 is 0 Å². The minimum atomic E-state index is -1.95. The monoisotopic (exact) mass is 698 g/mol. The first-order valence-corrected chi connectivity index (χ1v) is 14.3. The summed E-state index contributed by atoms with van der Waals surface area (Å²) in [5, 5.41) is 4.60. The number of esters is 6. The molecule has 2 aliphatic heterocycles. The highest BCUT2D eigenvalue weighted by atomic mass is 19.1. The topological polar surface area (TPSA) is 234 Å². The second kappa shape index (κ2) is 19.4. The number of carbonyl (C=O) groups excluding carboxylic acids is 8. The fourth-order valence-electron chi connectivity index (χ4n) is 4.41. The van der Waals surface area contributed by atoms with E-state index in [2.05, 4.69) is 10.6 Å². The Morgan fingerprint density at radius 1 is 0.500 bits per heavy atom. The van der Waals surface area contributed by atoms with E-state index in [4.69, 9.17) is 37.9 Å². The first kappa shape index (κ1) is 41.6. The molecule has 10 unspecified atom stereocenters. The van der Waals surface area contributed by atoms with Crippen molar-refractivity contribution in [3.8, 4) is 0 Å². The van der Waals surface area contributed by atoms with Crippen molar-refractivity contribution < 1.29 is 85.0 Å². The van der Waals surface area contributed by atoms with E-state index in [0.717, 1.165) is 55.4 Å². The van der Waals surface area contributed by atoms with Crippen LogP contribution in [0.2, 0.25) is 0 Å². The molecule has 0 radical (unpaired) electrons. The zero-order valence-corrected chi connectivity index (χ0v) is 27.5. The van der Waals surface area contributed by atoms with Crippen LogP contribution < -0.4 is 10.6 Å². The molecule has 0 saturated carbocycles. The summed E-state index contributed by atoms with van der Waals surface area (Å²) in [6.07, 6.45) is -12.2. The van der Waals surface area contributed by atoms with E-state index in [9.17, 15) is 47.1 Å². The Labute approximate surface area is 273 Å². The molecule has 0 aliphatic carbocycles. The van der Waals surface area contributed by atoms with Crippen molar-refractivity contribution >= 4 is 47.6 Å². The van der Waals surface area contributed by atoms with Gasteiger partial charge in [-0.2, -0.15) is 0 Å². The van der Waals surface area contributed by atoms with Crippen molar-refractivity contribution in [1.29, 1.82) is 0 Å². The average molecular weight is 699 g/mol. The molecular weight excluding hydrogens is 658 g/mol. The van der Waals surface area contributed by atoms with Crippen LogP contribution in [-0.4, -0.2) is 122 Å². The average Bonchev–Trinajstić information content (AvgIpc) is 2.93. The van der Waals surface area contributed by atoms with Crippen molar-refractivity contribution in [3.63, 3.8) is 0 Å². The van der Waals surface area contributed by atoms with Gasteiger partial charge in [-0.3, -0.25) is 38.4 Å². The van der Waals surface area contributed by atoms with E-state index in [0.29, 0.717) is 0 Å². The molecule has 0 aromatic heterocycles. The van der Waals surface area contributed by atoms with Gasteiger partial charge in [-0.05, 0) is 0 Å². The molecule has 272 valence electrons. The number of alkyl halides is 2. The van der Waals surface area contributed by atoms with Crippen LogP contribution in [0.5, 0.6) is 0 Å². The third-order valence-corrected chi connectivity index (χ3v) is 6.06. The number of carbonyl (C=O) groups is 8. The molecular formula is C28H40F2N2O16. The Morgan fingerprint density at radius 2 is 0.875 bits per heavy atom. The summed E-state index contributed by atoms with van der Waals surface area (Å²) in [6, 6.07) is -2.64. The van der Waals surface area contributed by atoms with E-state index in [1.807, 2.05) is 0 Å². The molecule has 2 heterocycles. The van der Waals surface area contributed by atoms with Gasteiger partial charge in [0, 0.05) is 55.4 Å². The Bertz CT molecular complexity index is 1200. The third kappa shape index (κ3) is 14.1. The van der Waals surface area contributed by atoms with Gasteiger partial charge in [0.25, 0.3) is 0 Å². The molecule has 18 nitrogen and oxygen atoms in total. The lowest BCUT2D eigenvalue weighted by Gasteiger charge is -2.42. The highest BCUT2D eigenvalue weighted by molar-refractivity contribution is 5.74. The molecule has 20 heteroatoms. The summed E-state index contributed by atoms with van der Waals surface area (Å²) < 4.78 is 69.2. The standard InChI is InChI=1S/2C14H20FNO8/c1-6(17)16-12-11(15)13(22-8(3)19)10(5-21-7(2)18)24-14(12)23-9(4)20;1-6(17)16-12-13(22-8(3)19)11(15)10(5-21-7(2)18)24-14(12)23-9(4)20/h2*10-14H,5H2,1-4H3,(H,16,17). The summed E-state index contributed by atoms with van der Waals surface area (Å²) >= 11 is 0. The zero-order valence-electron chi connectivity index (χ0n) is 27.5. The van der Waals surface area contributed by atoms with Gasteiger partial charge in [-0.25, -0.2) is 8.78 Å². The third-order valence-electron chi connectivity index (χ3n) is 6.06. The lowest BCUT2D eigenvalue weighted by Crippen LogP contribution is -2.64. The van der Waals surface area contributed by atoms with Gasteiger partial charge in [0.2, 0.25) is 24.4 Å². The van der Waals surface area contributed by atoms with E-state index >= 15 is 0 Å². The van der Waals surface area contributed by atoms with Gasteiger partial charge in [-0.1, -0.05) is 0 Å². The zero-order chi connectivity index (χ0) is 36.9. The highest BCUT2D eigenvalue weighted by Gasteiger charge is 2.52. The fraction of sp³-hybridized carbons (Fsp3) is 0.714. The van der Waals surface area contributed by atoms with Crippen LogP contribution in [0.3, 0.4) is 0 Å². The van der Waals surface area contributed by atoms with E-state index in [-0.39, 0.29) is 0 Å². The smallest absolute Gasteiger partial charge is 0.305 e. The number of amides is 2. The van der Waals surface area contributed by atoms with Gasteiger partial charge >= 0.3 is 35.8 Å². The number of rotatable bonds is 10. The SMILES string of the molecule is CC(=O)NC1C(OC(C)=O)OC(COC(C)=O)C(F)C1OC(C)=O.CC(=O)NC1C(OC(C)=O)OC(COC(C)=O)C(OC(C)=O)C1F. The normalized spacial score (nSPS) is 29.3. The Hall–Kier alpha value is -4.46. The molecule has 48 heavy (non-hydrogen) atoms. The number of hydrogen-bond donors (Lipinski definition) is 2. The molecule has 2 rings (SSSR count). The van der Waals surface area contributed by atoms with Gasteiger partial charge in [0.05, 0.1) is 0 Å². The first-order valence-electron chi connectivity index (χ1n) is 14.3. The maximum Gasteiger partial charge on any atom is 0.305 e. The van der Waals surface area contributed by atoms with Crippen LogP contribution in [0.4, 0.5) is 8.78 Å². The lowest BCUT2D eigenvalue weighted by atomic mass is 9.97. The highest BCUT2D eigenvalue weighted by Crippen LogP contribution is 2.29. The second-order valence-corrected chi connectivity index (χ2v) is 10.4. The quantitative estimate of drug-likeness (QED) is 0.210. The minimum absolute atomic E-state index is 0.418. The molecule has 0 spiro atoms. The summed E-state index contributed by atoms with van der Waals surface area (Å²) in [5.41, 5.74) is 0. The number of nitrogens with one attached hydrogen (secondary N) is 2. The van der Waals surface area contributed by atoms with Crippen molar-refractivity contribution in [3.05, 3.63) is 0 Å². The van der Waals surface area contributed by atoms with Crippen LogP contribution in [-0.2, 0) is 76.3 Å². The molecule has 0 aromatic carbocycles. The molecule has 2 fully saturated rings. The van der Waals surface area contributed by atoms with Crippen molar-refractivity contribution in [1.82, 2.24) is 10.6 Å². The Morgan fingerprint density at radius 3 is 1.29 bits per heavy atom. The van der Waals surface area contributed by atoms with Crippen molar-refractivity contribution in [2.45, 2.75) is 117 Å². The second-order valence-electron chi connectivity index (χ2n) is 10.4. The maximum absolute atomic E-state index is 14.8. The summed E-state index contributed by atoms with van der Waals surface area (Å²) in [4.78, 5) is 89.3. The molecule has 2 N–H and O–H groups in total. The largest absolute Gasteiger partial charge is 0.463 e. The predicted octanol–water partition coefficient (Wildman–Crippen LogP) is -0.776. The van der Waals surface area contributed by atoms with Crippen LogP contribution in [0.15, 0.2) is 0 Å². The fourth-order valence-corrected chi connectivity index (χ4v) is 4.41. The van der Waals surface area contributed by atoms with E-state index in [1.54, 1.807) is 0 Å². The lowest BCUT2D eigenvalue weighted by molar-refractivity contribution is -0.259. The van der Waals surface area contributed by atoms with Gasteiger partial charge < -0.3 is 48.5 Å². The summed E-state index contributed by atoms with van der Waals surface area (Å²) in [6.45, 7) is 7.99. The maximum atomic E-state index is 14.8. The molecule has 0 bridgehead atoms. The van der Waals surface area contributed by atoms with Crippen molar-refractivity contribution in [2.24, 2.45) is 0 Å². The number of halogens is 2. The van der Waals surface area contributed by atoms with Gasteiger partial charge in [0.1, 0.15) is 37.5 Å². The molecule has 10 atom stereocenters. The van der Waals surface area contributed by atoms with E-state index in [1.165, 1.54) is 0 Å². The van der Waals surface area contributed by atoms with Crippen LogP contribution in [0, 0.1) is 0 Å². The molecule has 2 amide bonds. The first-order chi connectivity index (χ1) is 22.2. The predicted molar refractivity (Wildman–Crippen MR) is 150 cm³/mol. The Balaban J connectivity index is 0.000000480. The van der Waals surface area contributed by atoms with E-state index < -0.39 is 122 Å². The van der Waals surface area contributed by atoms with Crippen molar-refractivity contribution in [2.75, 3.05) is 13.2 Å². The number of hydrogen-bond acceptors (Lipinski definition) is 16. The minimum Gasteiger partial charge on any atom is -0.463 e. The molecule has 2 aliphatic rings. The van der Waals surface area contributed by atoms with Crippen LogP contribution in [0.1, 0.15) is 55.4 Å². The van der Waals surface area contributed by atoms with Gasteiger partial charge in [0.15, 0.2) is 24.6 Å². The molecule has 2 saturated heterocycles. The molecule has 0 aromatic rings. The summed E-state index contributed by atoms with van der Waals surface area (Å²) in [5.74, 6) is -5.57.